The molecule has 0 atom stereocenters. The van der Waals surface area contributed by atoms with Crippen LogP contribution in [0.3, 0.4) is 0 Å². The minimum atomic E-state index is 0.151. The van der Waals surface area contributed by atoms with Crippen LogP contribution in [0.25, 0.3) is 0 Å². The van der Waals surface area contributed by atoms with E-state index in [1.54, 1.807) is 0 Å². The van der Waals surface area contributed by atoms with Gasteiger partial charge in [-0.25, -0.2) is 0 Å². The van der Waals surface area contributed by atoms with Gasteiger partial charge in [-0.3, -0.25) is 0 Å². The number of rotatable bonds is 2. The van der Waals surface area contributed by atoms with Gasteiger partial charge in [0.1, 0.15) is 0 Å². The third-order valence-electron chi connectivity index (χ3n) is 3.11. The number of nitrogens with two attached hydrogens (primary N) is 1. The number of thioether (sulfide) groups is 1. The van der Waals surface area contributed by atoms with Gasteiger partial charge in [-0.15, -0.1) is 0 Å². The topological polar surface area (TPSA) is 61.8 Å². The number of amidine groups is 1. The predicted molar refractivity (Wildman–Crippen MR) is 85.4 cm³/mol. The molecule has 1 heterocycles. The summed E-state index contributed by atoms with van der Waals surface area (Å²) in [6.07, 6.45) is 0. The molecule has 0 spiro atoms. The van der Waals surface area contributed by atoms with E-state index >= 15 is 0 Å². The van der Waals surface area contributed by atoms with E-state index in [-0.39, 0.29) is 10.6 Å². The smallest absolute Gasteiger partial charge is 0.172 e. The Morgan fingerprint density at radius 3 is 2.89 bits per heavy atom. The van der Waals surface area contributed by atoms with Crippen LogP contribution in [0.1, 0.15) is 19.4 Å². The van der Waals surface area contributed by atoms with Crippen LogP contribution in [0, 0.1) is 0 Å². The van der Waals surface area contributed by atoms with Crippen LogP contribution in [0.15, 0.2) is 27.8 Å². The Kier molecular flexibility index (Phi) is 4.30. The van der Waals surface area contributed by atoms with E-state index in [9.17, 15) is 0 Å². The molecule has 1 aromatic rings. The molecule has 0 aromatic heterocycles. The molecule has 4 nitrogen and oxygen atoms in total. The zero-order valence-electron chi connectivity index (χ0n) is 11.1. The van der Waals surface area contributed by atoms with Crippen LogP contribution < -0.4 is 10.6 Å². The van der Waals surface area contributed by atoms with Gasteiger partial charge < -0.3 is 15.8 Å². The molecule has 1 aliphatic rings. The second kappa shape index (κ2) is 5.63. The highest BCUT2D eigenvalue weighted by molar-refractivity contribution is 9.10. The molecule has 1 aliphatic heterocycles. The second-order valence-corrected chi connectivity index (χ2v) is 7.89. The van der Waals surface area contributed by atoms with Crippen molar-refractivity contribution in [2.75, 3.05) is 23.7 Å². The molecule has 1 fully saturated rings. The van der Waals surface area contributed by atoms with Crippen LogP contribution in [0.5, 0.6) is 0 Å². The third-order valence-corrected chi connectivity index (χ3v) is 4.90. The lowest BCUT2D eigenvalue weighted by molar-refractivity contribution is 0.318. The number of hydrogen-bond acceptors (Lipinski definition) is 4. The van der Waals surface area contributed by atoms with E-state index in [4.69, 9.17) is 10.9 Å². The van der Waals surface area contributed by atoms with E-state index in [1.807, 2.05) is 30.0 Å². The van der Waals surface area contributed by atoms with Crippen molar-refractivity contribution in [1.82, 2.24) is 0 Å². The van der Waals surface area contributed by atoms with E-state index in [1.165, 1.54) is 0 Å². The molecule has 1 saturated heterocycles. The molecule has 1 aromatic carbocycles. The molecular weight excluding hydrogens is 326 g/mol. The quantitative estimate of drug-likeness (QED) is 0.375. The molecule has 0 radical (unpaired) electrons. The maximum atomic E-state index is 8.91. The van der Waals surface area contributed by atoms with Crippen molar-refractivity contribution in [3.05, 3.63) is 28.2 Å². The lowest BCUT2D eigenvalue weighted by Gasteiger charge is -2.39. The summed E-state index contributed by atoms with van der Waals surface area (Å²) in [6, 6.07) is 5.81. The number of benzene rings is 1. The molecule has 0 saturated carbocycles. The monoisotopic (exact) mass is 343 g/mol. The lowest BCUT2D eigenvalue weighted by atomic mass is 10.1. The molecule has 0 bridgehead atoms. The summed E-state index contributed by atoms with van der Waals surface area (Å²) in [5, 5.41) is 12.0. The fourth-order valence-electron chi connectivity index (χ4n) is 2.26. The average molecular weight is 344 g/mol. The van der Waals surface area contributed by atoms with Crippen LogP contribution in [0.4, 0.5) is 5.69 Å². The Morgan fingerprint density at radius 1 is 1.53 bits per heavy atom. The first-order chi connectivity index (χ1) is 8.93. The highest BCUT2D eigenvalue weighted by Crippen LogP contribution is 2.34. The first kappa shape index (κ1) is 14.5. The average Bonchev–Trinajstić information content (AvgIpc) is 2.36. The van der Waals surface area contributed by atoms with Gasteiger partial charge in [-0.1, -0.05) is 21.1 Å². The minimum Gasteiger partial charge on any atom is -0.409 e. The van der Waals surface area contributed by atoms with Gasteiger partial charge >= 0.3 is 0 Å². The zero-order valence-corrected chi connectivity index (χ0v) is 13.5. The van der Waals surface area contributed by atoms with Crippen LogP contribution in [-0.4, -0.2) is 34.6 Å². The van der Waals surface area contributed by atoms with Crippen molar-refractivity contribution < 1.29 is 5.21 Å². The summed E-state index contributed by atoms with van der Waals surface area (Å²) >= 11 is 5.47. The SMILES string of the molecule is CC1(C)CN(c2cc(Br)ccc2/C(N)=N/O)CCS1. The molecule has 2 rings (SSSR count). The first-order valence-electron chi connectivity index (χ1n) is 6.09. The lowest BCUT2D eigenvalue weighted by Crippen LogP contribution is -2.44. The molecule has 3 N–H and O–H groups in total. The molecule has 19 heavy (non-hydrogen) atoms. The zero-order chi connectivity index (χ0) is 14.0. The summed E-state index contributed by atoms with van der Waals surface area (Å²) < 4.78 is 1.20. The van der Waals surface area contributed by atoms with Gasteiger partial charge in [0.05, 0.1) is 0 Å². The largest absolute Gasteiger partial charge is 0.409 e. The van der Waals surface area contributed by atoms with Gasteiger partial charge in [0.25, 0.3) is 0 Å². The van der Waals surface area contributed by atoms with E-state index in [2.05, 4.69) is 39.8 Å². The van der Waals surface area contributed by atoms with Gasteiger partial charge in [-0.2, -0.15) is 11.8 Å². The number of anilines is 1. The highest BCUT2D eigenvalue weighted by Gasteiger charge is 2.28. The number of oxime groups is 1. The summed E-state index contributed by atoms with van der Waals surface area (Å²) in [4.78, 5) is 2.30. The van der Waals surface area contributed by atoms with Crippen molar-refractivity contribution in [3.63, 3.8) is 0 Å². The molecule has 0 aliphatic carbocycles. The maximum absolute atomic E-state index is 8.91. The second-order valence-electron chi connectivity index (χ2n) is 5.18. The summed E-state index contributed by atoms with van der Waals surface area (Å²) in [7, 11) is 0. The molecule has 0 unspecified atom stereocenters. The Bertz CT molecular complexity index is 505. The van der Waals surface area contributed by atoms with E-state index in [0.717, 1.165) is 34.6 Å². The van der Waals surface area contributed by atoms with Crippen LogP contribution in [0.2, 0.25) is 0 Å². The Hall–Kier alpha value is -0.880. The third kappa shape index (κ3) is 3.36. The fraction of sp³-hybridized carbons (Fsp3) is 0.462. The number of nitrogens with zero attached hydrogens (tertiary/aromatic N) is 2. The first-order valence-corrected chi connectivity index (χ1v) is 7.87. The van der Waals surface area contributed by atoms with E-state index < -0.39 is 0 Å². The molecule has 6 heteroatoms. The summed E-state index contributed by atoms with van der Waals surface area (Å²) in [6.45, 7) is 6.39. The van der Waals surface area contributed by atoms with Crippen molar-refractivity contribution >= 4 is 39.2 Å². The van der Waals surface area contributed by atoms with Crippen molar-refractivity contribution in [2.45, 2.75) is 18.6 Å². The number of hydrogen-bond donors (Lipinski definition) is 2. The maximum Gasteiger partial charge on any atom is 0.172 e. The predicted octanol–water partition coefficient (Wildman–Crippen LogP) is 2.88. The van der Waals surface area contributed by atoms with Gasteiger partial charge in [0, 0.05) is 39.3 Å². The normalized spacial score (nSPS) is 19.5. The Balaban J connectivity index is 2.40. The summed E-state index contributed by atoms with van der Waals surface area (Å²) in [5.41, 5.74) is 7.56. The van der Waals surface area contributed by atoms with Gasteiger partial charge in [0.2, 0.25) is 0 Å². The summed E-state index contributed by atoms with van der Waals surface area (Å²) in [5.74, 6) is 1.23. The standard InChI is InChI=1S/C13H18BrN3OS/c1-13(2)8-17(5-6-19-13)11-7-9(14)3-4-10(11)12(15)16-18/h3-4,7,18H,5-6,8H2,1-2H3,(H2,15,16). The highest BCUT2D eigenvalue weighted by atomic mass is 79.9. The molecule has 104 valence electrons. The molecular formula is C13H18BrN3OS. The van der Waals surface area contributed by atoms with Crippen LogP contribution in [-0.2, 0) is 0 Å². The van der Waals surface area contributed by atoms with Crippen molar-refractivity contribution in [2.24, 2.45) is 10.9 Å². The fourth-order valence-corrected chi connectivity index (χ4v) is 3.72. The van der Waals surface area contributed by atoms with E-state index in [0.29, 0.717) is 0 Å². The van der Waals surface area contributed by atoms with Gasteiger partial charge in [-0.05, 0) is 32.0 Å². The van der Waals surface area contributed by atoms with Crippen molar-refractivity contribution in [1.29, 1.82) is 0 Å². The Morgan fingerprint density at radius 2 is 2.26 bits per heavy atom. The molecule has 0 amide bonds. The number of halogens is 1. The minimum absolute atomic E-state index is 0.151. The van der Waals surface area contributed by atoms with Crippen molar-refractivity contribution in [3.8, 4) is 0 Å². The van der Waals surface area contributed by atoms with Crippen LogP contribution >= 0.6 is 27.7 Å². The van der Waals surface area contributed by atoms with Gasteiger partial charge in [0.15, 0.2) is 5.84 Å². The Labute approximate surface area is 126 Å².